The molecular weight excluding hydrogens is 314 g/mol. The number of carbonyl (C=O) groups is 1. The highest BCUT2D eigenvalue weighted by Gasteiger charge is 2.29. The van der Waals surface area contributed by atoms with Gasteiger partial charge in [-0.25, -0.2) is 0 Å². The van der Waals surface area contributed by atoms with Gasteiger partial charge < -0.3 is 19.9 Å². The Labute approximate surface area is 144 Å². The van der Waals surface area contributed by atoms with Crippen molar-refractivity contribution in [2.24, 2.45) is 0 Å². The zero-order valence-corrected chi connectivity index (χ0v) is 14.5. The number of ether oxygens (including phenoxy) is 1. The molecule has 1 unspecified atom stereocenters. The summed E-state index contributed by atoms with van der Waals surface area (Å²) in [6.07, 6.45) is 2.09. The third-order valence-corrected chi connectivity index (χ3v) is 4.46. The minimum absolute atomic E-state index is 0. The van der Waals surface area contributed by atoms with Crippen LogP contribution in [0.15, 0.2) is 24.3 Å². The molecule has 2 aliphatic rings. The highest BCUT2D eigenvalue weighted by atomic mass is 35.5. The van der Waals surface area contributed by atoms with Crippen LogP contribution in [0, 0.1) is 0 Å². The summed E-state index contributed by atoms with van der Waals surface area (Å²) >= 11 is 0. The Morgan fingerprint density at radius 3 is 2.65 bits per heavy atom. The van der Waals surface area contributed by atoms with Crippen LogP contribution < -0.4 is 15.0 Å². The topological polar surface area (TPSA) is 44.8 Å². The summed E-state index contributed by atoms with van der Waals surface area (Å²) < 4.78 is 5.71. The highest BCUT2D eigenvalue weighted by Crippen LogP contribution is 2.29. The van der Waals surface area contributed by atoms with Gasteiger partial charge in [0.2, 0.25) is 5.91 Å². The number of rotatable bonds is 4. The fraction of sp³-hybridized carbons (Fsp3) is 0.588. The Bertz CT molecular complexity index is 512. The largest absolute Gasteiger partial charge is 0.492 e. The maximum Gasteiger partial charge on any atom is 0.239 e. The van der Waals surface area contributed by atoms with Crippen LogP contribution in [0.1, 0.15) is 19.8 Å². The Hall–Kier alpha value is -1.46. The Morgan fingerprint density at radius 2 is 2.00 bits per heavy atom. The van der Waals surface area contributed by atoms with Gasteiger partial charge in [-0.3, -0.25) is 4.79 Å². The molecule has 1 N–H and O–H groups in total. The molecule has 2 fully saturated rings. The number of nitrogens with one attached hydrogen (secondary N) is 1. The molecule has 5 nitrogen and oxygen atoms in total. The van der Waals surface area contributed by atoms with E-state index in [-0.39, 0.29) is 24.4 Å². The molecule has 1 aromatic rings. The Balaban J connectivity index is 0.00000192. The molecule has 128 valence electrons. The monoisotopic (exact) mass is 339 g/mol. The maximum absolute atomic E-state index is 12.4. The summed E-state index contributed by atoms with van der Waals surface area (Å²) in [7, 11) is 0. The van der Waals surface area contributed by atoms with Crippen molar-refractivity contribution in [1.82, 2.24) is 10.2 Å². The van der Waals surface area contributed by atoms with Crippen molar-refractivity contribution in [1.29, 1.82) is 0 Å². The van der Waals surface area contributed by atoms with E-state index in [9.17, 15) is 4.79 Å². The van der Waals surface area contributed by atoms with Crippen molar-refractivity contribution in [2.75, 3.05) is 44.2 Å². The standard InChI is InChI=1S/C17H25N3O2.ClH/c1-2-22-16-8-4-3-7-15(16)19-10-12-20(13-11-19)17(21)14-6-5-9-18-14;/h3-4,7-8,14,18H,2,5-6,9-13H2,1H3;1H. The van der Waals surface area contributed by atoms with E-state index in [1.54, 1.807) is 0 Å². The lowest BCUT2D eigenvalue weighted by Crippen LogP contribution is -2.53. The van der Waals surface area contributed by atoms with E-state index in [0.717, 1.165) is 57.0 Å². The summed E-state index contributed by atoms with van der Waals surface area (Å²) in [5.74, 6) is 1.21. The SMILES string of the molecule is CCOc1ccccc1N1CCN(C(=O)C2CCCN2)CC1.Cl. The summed E-state index contributed by atoms with van der Waals surface area (Å²) in [6.45, 7) is 6.95. The third-order valence-electron chi connectivity index (χ3n) is 4.46. The van der Waals surface area contributed by atoms with E-state index >= 15 is 0 Å². The first-order chi connectivity index (χ1) is 10.8. The average molecular weight is 340 g/mol. The second-order valence-corrected chi connectivity index (χ2v) is 5.86. The smallest absolute Gasteiger partial charge is 0.239 e. The molecule has 0 bridgehead atoms. The molecule has 23 heavy (non-hydrogen) atoms. The second-order valence-electron chi connectivity index (χ2n) is 5.86. The number of carbonyl (C=O) groups excluding carboxylic acids is 1. The van der Waals surface area contributed by atoms with Crippen LogP contribution in [0.3, 0.4) is 0 Å². The second kappa shape index (κ2) is 8.41. The first kappa shape index (κ1) is 17.9. The molecule has 1 atom stereocenters. The molecule has 6 heteroatoms. The van der Waals surface area contributed by atoms with Gasteiger partial charge in [0.15, 0.2) is 0 Å². The van der Waals surface area contributed by atoms with E-state index < -0.39 is 0 Å². The van der Waals surface area contributed by atoms with E-state index in [0.29, 0.717) is 6.61 Å². The van der Waals surface area contributed by atoms with Crippen LogP contribution in [0.2, 0.25) is 0 Å². The van der Waals surface area contributed by atoms with Crippen LogP contribution in [-0.4, -0.2) is 56.2 Å². The van der Waals surface area contributed by atoms with Gasteiger partial charge in [0.25, 0.3) is 0 Å². The summed E-state index contributed by atoms with van der Waals surface area (Å²) in [4.78, 5) is 16.8. The molecule has 2 aliphatic heterocycles. The van der Waals surface area contributed by atoms with E-state index in [4.69, 9.17) is 4.74 Å². The quantitative estimate of drug-likeness (QED) is 0.910. The number of amides is 1. The third kappa shape index (κ3) is 4.09. The van der Waals surface area contributed by atoms with Crippen LogP contribution in [-0.2, 0) is 4.79 Å². The number of piperazine rings is 1. The minimum Gasteiger partial charge on any atom is -0.492 e. The first-order valence-electron chi connectivity index (χ1n) is 8.28. The van der Waals surface area contributed by atoms with Crippen molar-refractivity contribution in [3.63, 3.8) is 0 Å². The fourth-order valence-electron chi connectivity index (χ4n) is 3.28. The maximum atomic E-state index is 12.4. The predicted molar refractivity (Wildman–Crippen MR) is 94.7 cm³/mol. The van der Waals surface area contributed by atoms with Gasteiger partial charge >= 0.3 is 0 Å². The van der Waals surface area contributed by atoms with Crippen molar-refractivity contribution in [2.45, 2.75) is 25.8 Å². The molecule has 0 spiro atoms. The molecule has 1 amide bonds. The number of para-hydroxylation sites is 2. The van der Waals surface area contributed by atoms with Gasteiger partial charge in [0.05, 0.1) is 18.3 Å². The Kier molecular flexibility index (Phi) is 6.54. The molecule has 2 saturated heterocycles. The molecule has 3 rings (SSSR count). The van der Waals surface area contributed by atoms with Crippen LogP contribution in [0.5, 0.6) is 5.75 Å². The zero-order chi connectivity index (χ0) is 15.4. The lowest BCUT2D eigenvalue weighted by molar-refractivity contribution is -0.133. The molecule has 2 heterocycles. The predicted octanol–water partition coefficient (Wildman–Crippen LogP) is 1.91. The van der Waals surface area contributed by atoms with Crippen LogP contribution in [0.25, 0.3) is 0 Å². The number of hydrogen-bond donors (Lipinski definition) is 1. The number of nitrogens with zero attached hydrogens (tertiary/aromatic N) is 2. The van der Waals surface area contributed by atoms with Crippen molar-refractivity contribution >= 4 is 24.0 Å². The normalized spacial score (nSPS) is 21.0. The van der Waals surface area contributed by atoms with Crippen molar-refractivity contribution < 1.29 is 9.53 Å². The molecular formula is C17H26ClN3O2. The minimum atomic E-state index is 0. The van der Waals surface area contributed by atoms with Crippen molar-refractivity contribution in [3.05, 3.63) is 24.3 Å². The molecule has 0 aromatic heterocycles. The summed E-state index contributed by atoms with van der Waals surface area (Å²) in [5.41, 5.74) is 1.13. The molecule has 1 aromatic carbocycles. The average Bonchev–Trinajstić information content (AvgIpc) is 3.10. The first-order valence-corrected chi connectivity index (χ1v) is 8.28. The lowest BCUT2D eigenvalue weighted by Gasteiger charge is -2.37. The van der Waals surface area contributed by atoms with E-state index in [1.807, 2.05) is 30.0 Å². The van der Waals surface area contributed by atoms with Gasteiger partial charge in [-0.1, -0.05) is 12.1 Å². The summed E-state index contributed by atoms with van der Waals surface area (Å²) in [5, 5.41) is 3.30. The van der Waals surface area contributed by atoms with Gasteiger partial charge in [-0.05, 0) is 38.4 Å². The van der Waals surface area contributed by atoms with Gasteiger partial charge in [0.1, 0.15) is 5.75 Å². The molecule has 0 aliphatic carbocycles. The zero-order valence-electron chi connectivity index (χ0n) is 13.7. The number of halogens is 1. The van der Waals surface area contributed by atoms with Crippen molar-refractivity contribution in [3.8, 4) is 5.75 Å². The van der Waals surface area contributed by atoms with E-state index in [1.165, 1.54) is 0 Å². The molecule has 0 radical (unpaired) electrons. The number of anilines is 1. The van der Waals surface area contributed by atoms with E-state index in [2.05, 4.69) is 16.3 Å². The summed E-state index contributed by atoms with van der Waals surface area (Å²) in [6, 6.07) is 8.19. The lowest BCUT2D eigenvalue weighted by atomic mass is 10.1. The van der Waals surface area contributed by atoms with Gasteiger partial charge in [-0.2, -0.15) is 0 Å². The Morgan fingerprint density at radius 1 is 1.26 bits per heavy atom. The van der Waals surface area contributed by atoms with Gasteiger partial charge in [-0.15, -0.1) is 12.4 Å². The highest BCUT2D eigenvalue weighted by molar-refractivity contribution is 5.85. The van der Waals surface area contributed by atoms with Crippen LogP contribution in [0.4, 0.5) is 5.69 Å². The van der Waals surface area contributed by atoms with Crippen LogP contribution >= 0.6 is 12.4 Å². The number of hydrogen-bond acceptors (Lipinski definition) is 4. The van der Waals surface area contributed by atoms with Gasteiger partial charge in [0, 0.05) is 26.2 Å². The number of benzene rings is 1. The fourth-order valence-corrected chi connectivity index (χ4v) is 3.28. The molecule has 0 saturated carbocycles.